The Labute approximate surface area is 124 Å². The van der Waals surface area contributed by atoms with Crippen LogP contribution in [0.1, 0.15) is 0 Å². The first-order valence-corrected chi connectivity index (χ1v) is 7.25. The molecule has 0 saturated carbocycles. The predicted octanol–water partition coefficient (Wildman–Crippen LogP) is -0.715. The van der Waals surface area contributed by atoms with E-state index in [-0.39, 0.29) is 12.5 Å². The largest absolute Gasteiger partial charge is 0.489 e. The zero-order valence-electron chi connectivity index (χ0n) is 12.0. The number of benzene rings is 1. The SMILES string of the molecule is NNC(=O)CN1CCOc2cccc(N3CCNCC3)c21. The van der Waals surface area contributed by atoms with E-state index in [0.717, 1.165) is 43.3 Å². The number of nitrogens with one attached hydrogen (secondary N) is 2. The summed E-state index contributed by atoms with van der Waals surface area (Å²) in [5.74, 6) is 5.85. The van der Waals surface area contributed by atoms with E-state index in [1.54, 1.807) is 0 Å². The number of hydrazine groups is 1. The zero-order valence-corrected chi connectivity index (χ0v) is 12.0. The first-order valence-electron chi connectivity index (χ1n) is 7.25. The number of ether oxygens (including phenoxy) is 1. The van der Waals surface area contributed by atoms with E-state index in [0.29, 0.717) is 13.2 Å². The lowest BCUT2D eigenvalue weighted by molar-refractivity contribution is -0.119. The van der Waals surface area contributed by atoms with Crippen LogP contribution in [0.25, 0.3) is 0 Å². The van der Waals surface area contributed by atoms with E-state index in [1.165, 1.54) is 0 Å². The van der Waals surface area contributed by atoms with Gasteiger partial charge >= 0.3 is 0 Å². The van der Waals surface area contributed by atoms with Crippen molar-refractivity contribution in [1.29, 1.82) is 0 Å². The Morgan fingerprint density at radius 3 is 2.90 bits per heavy atom. The van der Waals surface area contributed by atoms with Crippen LogP contribution in [0.4, 0.5) is 11.4 Å². The van der Waals surface area contributed by atoms with Gasteiger partial charge in [-0.3, -0.25) is 10.2 Å². The summed E-state index contributed by atoms with van der Waals surface area (Å²) >= 11 is 0. The Hall–Kier alpha value is -1.99. The molecule has 7 nitrogen and oxygen atoms in total. The molecule has 21 heavy (non-hydrogen) atoms. The first kappa shape index (κ1) is 14.0. The van der Waals surface area contributed by atoms with Gasteiger partial charge in [-0.25, -0.2) is 5.84 Å². The minimum Gasteiger partial charge on any atom is -0.489 e. The van der Waals surface area contributed by atoms with Crippen molar-refractivity contribution in [1.82, 2.24) is 10.7 Å². The third kappa shape index (κ3) is 2.88. The van der Waals surface area contributed by atoms with Crippen molar-refractivity contribution in [2.45, 2.75) is 0 Å². The maximum atomic E-state index is 11.6. The molecule has 1 fully saturated rings. The number of anilines is 2. The minimum atomic E-state index is -0.196. The number of hydrogen-bond acceptors (Lipinski definition) is 6. The zero-order chi connectivity index (χ0) is 14.7. The molecule has 0 unspecified atom stereocenters. The maximum absolute atomic E-state index is 11.6. The molecule has 2 heterocycles. The smallest absolute Gasteiger partial charge is 0.253 e. The second-order valence-corrected chi connectivity index (χ2v) is 5.20. The van der Waals surface area contributed by atoms with Gasteiger partial charge in [-0.05, 0) is 12.1 Å². The second kappa shape index (κ2) is 6.19. The number of piperazine rings is 1. The van der Waals surface area contributed by atoms with E-state index < -0.39 is 0 Å². The molecular formula is C14H21N5O2. The van der Waals surface area contributed by atoms with Gasteiger partial charge in [0.05, 0.1) is 18.8 Å². The quantitative estimate of drug-likeness (QED) is 0.387. The maximum Gasteiger partial charge on any atom is 0.253 e. The number of nitrogens with zero attached hydrogens (tertiary/aromatic N) is 2. The summed E-state index contributed by atoms with van der Waals surface area (Å²) in [7, 11) is 0. The van der Waals surface area contributed by atoms with Crippen molar-refractivity contribution in [3.63, 3.8) is 0 Å². The molecule has 7 heteroatoms. The molecule has 1 aromatic carbocycles. The Balaban J connectivity index is 1.92. The highest BCUT2D eigenvalue weighted by Gasteiger charge is 2.26. The molecule has 0 bridgehead atoms. The summed E-state index contributed by atoms with van der Waals surface area (Å²) in [6.45, 7) is 5.34. The van der Waals surface area contributed by atoms with Crippen LogP contribution in [0, 0.1) is 0 Å². The molecular weight excluding hydrogens is 270 g/mol. The number of rotatable bonds is 3. The summed E-state index contributed by atoms with van der Waals surface area (Å²) in [5, 5.41) is 3.35. The Morgan fingerprint density at radius 2 is 2.14 bits per heavy atom. The Morgan fingerprint density at radius 1 is 1.33 bits per heavy atom. The van der Waals surface area contributed by atoms with Crippen molar-refractivity contribution >= 4 is 17.3 Å². The van der Waals surface area contributed by atoms with Gasteiger partial charge in [0, 0.05) is 26.2 Å². The lowest BCUT2D eigenvalue weighted by Crippen LogP contribution is -2.46. The molecule has 0 atom stereocenters. The highest BCUT2D eigenvalue weighted by Crippen LogP contribution is 2.40. The Kier molecular flexibility index (Phi) is 4.12. The van der Waals surface area contributed by atoms with Crippen molar-refractivity contribution in [2.24, 2.45) is 5.84 Å². The van der Waals surface area contributed by atoms with Crippen LogP contribution in [0.2, 0.25) is 0 Å². The van der Waals surface area contributed by atoms with Crippen molar-refractivity contribution < 1.29 is 9.53 Å². The topological polar surface area (TPSA) is 82.9 Å². The van der Waals surface area contributed by atoms with Crippen molar-refractivity contribution in [3.05, 3.63) is 18.2 Å². The fourth-order valence-corrected chi connectivity index (χ4v) is 2.86. The lowest BCUT2D eigenvalue weighted by Gasteiger charge is -2.37. The predicted molar refractivity (Wildman–Crippen MR) is 81.6 cm³/mol. The monoisotopic (exact) mass is 291 g/mol. The number of carbonyl (C=O) groups excluding carboxylic acids is 1. The molecule has 1 saturated heterocycles. The average Bonchev–Trinajstić information content (AvgIpc) is 2.55. The van der Waals surface area contributed by atoms with E-state index in [2.05, 4.69) is 21.7 Å². The molecule has 0 spiro atoms. The summed E-state index contributed by atoms with van der Waals surface area (Å²) in [6.07, 6.45) is 0. The van der Waals surface area contributed by atoms with Crippen LogP contribution in [0.5, 0.6) is 5.75 Å². The van der Waals surface area contributed by atoms with Crippen LogP contribution >= 0.6 is 0 Å². The van der Waals surface area contributed by atoms with Crippen molar-refractivity contribution in [2.75, 3.05) is 55.7 Å². The Bertz CT molecular complexity index is 516. The number of para-hydroxylation sites is 1. The van der Waals surface area contributed by atoms with Gasteiger partial charge in [0.2, 0.25) is 0 Å². The number of carbonyl (C=O) groups is 1. The number of fused-ring (bicyclic) bond motifs is 1. The van der Waals surface area contributed by atoms with Crippen LogP contribution in [-0.2, 0) is 4.79 Å². The van der Waals surface area contributed by atoms with E-state index in [1.807, 2.05) is 17.0 Å². The molecule has 0 aromatic heterocycles. The second-order valence-electron chi connectivity index (χ2n) is 5.20. The third-order valence-corrected chi connectivity index (χ3v) is 3.87. The normalized spacial score (nSPS) is 18.0. The number of hydrogen-bond donors (Lipinski definition) is 3. The summed E-state index contributed by atoms with van der Waals surface area (Å²) in [6, 6.07) is 6.04. The molecule has 4 N–H and O–H groups in total. The van der Waals surface area contributed by atoms with Crippen LogP contribution in [-0.4, -0.2) is 51.8 Å². The lowest BCUT2D eigenvalue weighted by atomic mass is 10.1. The minimum absolute atomic E-state index is 0.196. The number of amides is 1. The average molecular weight is 291 g/mol. The van der Waals surface area contributed by atoms with Crippen molar-refractivity contribution in [3.8, 4) is 5.75 Å². The third-order valence-electron chi connectivity index (χ3n) is 3.87. The molecule has 0 aliphatic carbocycles. The van der Waals surface area contributed by atoms with Crippen LogP contribution in [0.3, 0.4) is 0 Å². The van der Waals surface area contributed by atoms with Gasteiger partial charge in [0.25, 0.3) is 5.91 Å². The van der Waals surface area contributed by atoms with Gasteiger partial charge in [0.15, 0.2) is 0 Å². The summed E-state index contributed by atoms with van der Waals surface area (Å²) < 4.78 is 5.75. The summed E-state index contributed by atoms with van der Waals surface area (Å²) in [5.41, 5.74) is 4.32. The molecule has 3 rings (SSSR count). The molecule has 2 aliphatic rings. The van der Waals surface area contributed by atoms with E-state index in [9.17, 15) is 4.79 Å². The molecule has 1 aromatic rings. The fourth-order valence-electron chi connectivity index (χ4n) is 2.86. The van der Waals surface area contributed by atoms with E-state index >= 15 is 0 Å². The van der Waals surface area contributed by atoms with Gasteiger partial charge in [-0.2, -0.15) is 0 Å². The molecule has 0 radical (unpaired) electrons. The highest BCUT2D eigenvalue weighted by molar-refractivity contribution is 5.86. The van der Waals surface area contributed by atoms with E-state index in [4.69, 9.17) is 10.6 Å². The molecule has 114 valence electrons. The van der Waals surface area contributed by atoms with Gasteiger partial charge in [0.1, 0.15) is 18.0 Å². The molecule has 1 amide bonds. The first-order chi connectivity index (χ1) is 10.3. The fraction of sp³-hybridized carbons (Fsp3) is 0.500. The summed E-state index contributed by atoms with van der Waals surface area (Å²) in [4.78, 5) is 16.0. The molecule has 2 aliphatic heterocycles. The van der Waals surface area contributed by atoms with Gasteiger partial charge in [-0.1, -0.05) is 6.07 Å². The van der Waals surface area contributed by atoms with Gasteiger partial charge < -0.3 is 19.9 Å². The standard InChI is InChI=1S/C14H21N5O2/c15-17-13(20)10-19-8-9-21-12-3-1-2-11(14(12)19)18-6-4-16-5-7-18/h1-3,16H,4-10,15H2,(H,17,20). The number of nitrogens with two attached hydrogens (primary N) is 1. The van der Waals surface area contributed by atoms with Crippen LogP contribution in [0.15, 0.2) is 18.2 Å². The van der Waals surface area contributed by atoms with Gasteiger partial charge in [-0.15, -0.1) is 0 Å². The van der Waals surface area contributed by atoms with Crippen LogP contribution < -0.4 is 31.1 Å². The highest BCUT2D eigenvalue weighted by atomic mass is 16.5.